The van der Waals surface area contributed by atoms with Gasteiger partial charge in [0.15, 0.2) is 0 Å². The first-order valence-corrected chi connectivity index (χ1v) is 8.69. The SMILES string of the molecule is N#Cc1ccc(N2CCC[C@H]2COc2ccc(Br)cc2)c(Cl)c1. The van der Waals surface area contributed by atoms with Crippen molar-refractivity contribution in [1.29, 1.82) is 5.26 Å². The number of anilines is 1. The zero-order valence-electron chi connectivity index (χ0n) is 12.5. The van der Waals surface area contributed by atoms with Gasteiger partial charge in [-0.15, -0.1) is 0 Å². The van der Waals surface area contributed by atoms with Gasteiger partial charge >= 0.3 is 0 Å². The second kappa shape index (κ2) is 7.25. The fourth-order valence-electron chi connectivity index (χ4n) is 2.86. The Morgan fingerprint density at radius 2 is 2.04 bits per heavy atom. The smallest absolute Gasteiger partial charge is 0.119 e. The summed E-state index contributed by atoms with van der Waals surface area (Å²) in [6, 6.07) is 15.7. The fourth-order valence-corrected chi connectivity index (χ4v) is 3.41. The van der Waals surface area contributed by atoms with Gasteiger partial charge in [-0.3, -0.25) is 0 Å². The third kappa shape index (κ3) is 3.80. The van der Waals surface area contributed by atoms with Crippen molar-refractivity contribution in [3.8, 4) is 11.8 Å². The van der Waals surface area contributed by atoms with E-state index in [1.807, 2.05) is 36.4 Å². The summed E-state index contributed by atoms with van der Waals surface area (Å²) in [6.45, 7) is 1.58. The number of halogens is 2. The van der Waals surface area contributed by atoms with Gasteiger partial charge in [0.1, 0.15) is 12.4 Å². The van der Waals surface area contributed by atoms with Crippen LogP contribution in [0.1, 0.15) is 18.4 Å². The standard InChI is InChI=1S/C18H16BrClN2O/c19-14-4-6-16(7-5-14)23-12-15-2-1-9-22(15)18-8-3-13(11-21)10-17(18)20/h3-8,10,15H,1-2,9,12H2/t15-/m0/s1. The Bertz CT molecular complexity index is 727. The van der Waals surface area contributed by atoms with Crippen LogP contribution in [0.15, 0.2) is 46.9 Å². The molecule has 1 heterocycles. The van der Waals surface area contributed by atoms with Crippen LogP contribution in [0.2, 0.25) is 5.02 Å². The zero-order chi connectivity index (χ0) is 16.2. The Balaban J connectivity index is 1.70. The third-order valence-corrected chi connectivity index (χ3v) is 4.85. The summed E-state index contributed by atoms with van der Waals surface area (Å²) in [4.78, 5) is 2.28. The lowest BCUT2D eigenvalue weighted by Crippen LogP contribution is -2.34. The van der Waals surface area contributed by atoms with Crippen molar-refractivity contribution < 1.29 is 4.74 Å². The predicted octanol–water partition coefficient (Wildman–Crippen LogP) is 5.02. The van der Waals surface area contributed by atoms with Crippen molar-refractivity contribution in [2.45, 2.75) is 18.9 Å². The van der Waals surface area contributed by atoms with Gasteiger partial charge in [-0.1, -0.05) is 27.5 Å². The Kier molecular flexibility index (Phi) is 5.09. The summed E-state index contributed by atoms with van der Waals surface area (Å²) in [6.07, 6.45) is 2.19. The molecule has 0 radical (unpaired) electrons. The number of hydrogen-bond acceptors (Lipinski definition) is 3. The summed E-state index contributed by atoms with van der Waals surface area (Å²) in [5.74, 6) is 0.867. The minimum atomic E-state index is 0.295. The van der Waals surface area contributed by atoms with Crippen LogP contribution in [0.4, 0.5) is 5.69 Å². The quantitative estimate of drug-likeness (QED) is 0.734. The van der Waals surface area contributed by atoms with Crippen LogP contribution in [0.5, 0.6) is 5.75 Å². The van der Waals surface area contributed by atoms with Crippen molar-refractivity contribution in [1.82, 2.24) is 0 Å². The van der Waals surface area contributed by atoms with Crippen molar-refractivity contribution in [3.63, 3.8) is 0 Å². The molecule has 0 aromatic heterocycles. The second-order valence-electron chi connectivity index (χ2n) is 5.53. The van der Waals surface area contributed by atoms with Crippen molar-refractivity contribution in [2.24, 2.45) is 0 Å². The maximum Gasteiger partial charge on any atom is 0.119 e. The summed E-state index contributed by atoms with van der Waals surface area (Å²) in [5.41, 5.74) is 1.56. The van der Waals surface area contributed by atoms with Gasteiger partial charge in [0.25, 0.3) is 0 Å². The molecule has 0 unspecified atom stereocenters. The summed E-state index contributed by atoms with van der Waals surface area (Å²) >= 11 is 9.77. The van der Waals surface area contributed by atoms with Gasteiger partial charge in [-0.2, -0.15) is 5.26 Å². The van der Waals surface area contributed by atoms with Crippen molar-refractivity contribution in [2.75, 3.05) is 18.1 Å². The average molecular weight is 392 g/mol. The van der Waals surface area contributed by atoms with Crippen LogP contribution in [0.3, 0.4) is 0 Å². The molecule has 0 N–H and O–H groups in total. The molecule has 0 saturated carbocycles. The van der Waals surface area contributed by atoms with Gasteiger partial charge in [-0.05, 0) is 55.3 Å². The maximum atomic E-state index is 8.95. The molecule has 3 rings (SSSR count). The van der Waals surface area contributed by atoms with E-state index in [0.717, 1.165) is 35.3 Å². The fraction of sp³-hybridized carbons (Fsp3) is 0.278. The van der Waals surface area contributed by atoms with Crippen LogP contribution in [0, 0.1) is 11.3 Å². The van der Waals surface area contributed by atoms with E-state index in [9.17, 15) is 0 Å². The van der Waals surface area contributed by atoms with Crippen LogP contribution < -0.4 is 9.64 Å². The lowest BCUT2D eigenvalue weighted by molar-refractivity contribution is 0.288. The molecule has 1 fully saturated rings. The Morgan fingerprint density at radius 3 is 2.74 bits per heavy atom. The third-order valence-electron chi connectivity index (χ3n) is 4.02. The Hall–Kier alpha value is -1.70. The molecule has 0 aliphatic carbocycles. The van der Waals surface area contributed by atoms with E-state index >= 15 is 0 Å². The molecule has 3 nitrogen and oxygen atoms in total. The largest absolute Gasteiger partial charge is 0.491 e. The minimum Gasteiger partial charge on any atom is -0.491 e. The van der Waals surface area contributed by atoms with Crippen LogP contribution in [0.25, 0.3) is 0 Å². The first kappa shape index (κ1) is 16.2. The Labute approximate surface area is 149 Å². The molecule has 1 aliphatic rings. The Morgan fingerprint density at radius 1 is 1.26 bits per heavy atom. The highest BCUT2D eigenvalue weighted by atomic mass is 79.9. The molecule has 23 heavy (non-hydrogen) atoms. The van der Waals surface area contributed by atoms with E-state index in [4.69, 9.17) is 21.6 Å². The number of ether oxygens (including phenoxy) is 1. The van der Waals surface area contributed by atoms with E-state index in [1.54, 1.807) is 6.07 Å². The first-order valence-electron chi connectivity index (χ1n) is 7.52. The van der Waals surface area contributed by atoms with E-state index in [-0.39, 0.29) is 0 Å². The van der Waals surface area contributed by atoms with E-state index < -0.39 is 0 Å². The van der Waals surface area contributed by atoms with Crippen LogP contribution in [-0.2, 0) is 0 Å². The van der Waals surface area contributed by atoms with Gasteiger partial charge in [-0.25, -0.2) is 0 Å². The molecule has 0 spiro atoms. The lowest BCUT2D eigenvalue weighted by Gasteiger charge is -2.27. The van der Waals surface area contributed by atoms with Crippen LogP contribution >= 0.6 is 27.5 Å². The molecule has 0 bridgehead atoms. The molecule has 1 saturated heterocycles. The molecule has 1 atom stereocenters. The molecule has 2 aromatic carbocycles. The van der Waals surface area contributed by atoms with E-state index in [1.165, 1.54) is 0 Å². The average Bonchev–Trinajstić information content (AvgIpc) is 3.02. The predicted molar refractivity (Wildman–Crippen MR) is 96.2 cm³/mol. The van der Waals surface area contributed by atoms with Gasteiger partial charge in [0.05, 0.1) is 28.4 Å². The molecule has 1 aliphatic heterocycles. The molecule has 5 heteroatoms. The maximum absolute atomic E-state index is 8.95. The number of nitriles is 1. The van der Waals surface area contributed by atoms with Crippen molar-refractivity contribution in [3.05, 3.63) is 57.5 Å². The highest BCUT2D eigenvalue weighted by molar-refractivity contribution is 9.10. The highest BCUT2D eigenvalue weighted by Gasteiger charge is 2.26. The van der Waals surface area contributed by atoms with E-state index in [0.29, 0.717) is 23.2 Å². The molecule has 2 aromatic rings. The zero-order valence-corrected chi connectivity index (χ0v) is 14.8. The summed E-state index contributed by atoms with van der Waals surface area (Å²) in [5, 5.41) is 9.58. The number of nitrogens with zero attached hydrogens (tertiary/aromatic N) is 2. The molecule has 0 amide bonds. The monoisotopic (exact) mass is 390 g/mol. The van der Waals surface area contributed by atoms with Gasteiger partial charge in [0.2, 0.25) is 0 Å². The summed E-state index contributed by atoms with van der Waals surface area (Å²) < 4.78 is 6.96. The number of rotatable bonds is 4. The van der Waals surface area contributed by atoms with Gasteiger partial charge < -0.3 is 9.64 Å². The second-order valence-corrected chi connectivity index (χ2v) is 6.86. The minimum absolute atomic E-state index is 0.295. The number of hydrogen-bond donors (Lipinski definition) is 0. The molecule has 118 valence electrons. The first-order chi connectivity index (χ1) is 11.2. The molecular formula is C18H16BrClN2O. The highest BCUT2D eigenvalue weighted by Crippen LogP contribution is 2.32. The normalized spacial score (nSPS) is 17.1. The van der Waals surface area contributed by atoms with E-state index in [2.05, 4.69) is 26.9 Å². The number of benzene rings is 2. The topological polar surface area (TPSA) is 36.3 Å². The van der Waals surface area contributed by atoms with Crippen molar-refractivity contribution >= 4 is 33.2 Å². The van der Waals surface area contributed by atoms with Gasteiger partial charge in [0, 0.05) is 11.0 Å². The lowest BCUT2D eigenvalue weighted by atomic mass is 10.2. The summed E-state index contributed by atoms with van der Waals surface area (Å²) in [7, 11) is 0. The van der Waals surface area contributed by atoms with Crippen LogP contribution in [-0.4, -0.2) is 19.2 Å². The molecular weight excluding hydrogens is 376 g/mol.